The molecule has 1 atom stereocenters. The lowest BCUT2D eigenvalue weighted by Gasteiger charge is -2.33. The van der Waals surface area contributed by atoms with Crippen LogP contribution in [0.4, 0.5) is 21.5 Å². The number of thioether (sulfide) groups is 1. The molecule has 1 N–H and O–H groups in total. The lowest BCUT2D eigenvalue weighted by Crippen LogP contribution is -2.50. The fourth-order valence-corrected chi connectivity index (χ4v) is 5.66. The molecule has 6 nitrogen and oxygen atoms in total. The number of halogens is 1. The van der Waals surface area contributed by atoms with Gasteiger partial charge in [0, 0.05) is 11.3 Å². The average Bonchev–Trinajstić information content (AvgIpc) is 3.27. The molecule has 0 aliphatic carbocycles. The Morgan fingerprint density at radius 3 is 2.48 bits per heavy atom. The average molecular weight is 462 g/mol. The van der Waals surface area contributed by atoms with Crippen molar-refractivity contribution >= 4 is 46.5 Å². The first-order valence-electron chi connectivity index (χ1n) is 10.4. The molecule has 0 bridgehead atoms. The predicted octanol–water partition coefficient (Wildman–Crippen LogP) is 4.05. The van der Waals surface area contributed by atoms with Gasteiger partial charge >= 0.3 is 0 Å². The van der Waals surface area contributed by atoms with E-state index in [-0.39, 0.29) is 29.8 Å². The summed E-state index contributed by atoms with van der Waals surface area (Å²) < 4.78 is 14.0. The molecule has 1 saturated heterocycles. The van der Waals surface area contributed by atoms with Gasteiger partial charge in [-0.25, -0.2) is 4.39 Å². The van der Waals surface area contributed by atoms with Gasteiger partial charge in [-0.15, -0.1) is 11.8 Å². The van der Waals surface area contributed by atoms with E-state index in [0.29, 0.717) is 16.9 Å². The summed E-state index contributed by atoms with van der Waals surface area (Å²) >= 11 is 1.25. The largest absolute Gasteiger partial charge is 0.322 e. The van der Waals surface area contributed by atoms with Crippen LogP contribution in [0.25, 0.3) is 0 Å². The van der Waals surface area contributed by atoms with Crippen LogP contribution in [-0.2, 0) is 19.3 Å². The first-order valence-corrected chi connectivity index (χ1v) is 11.4. The van der Waals surface area contributed by atoms with Gasteiger partial charge in [-0.3, -0.25) is 24.2 Å². The van der Waals surface area contributed by atoms with Gasteiger partial charge in [-0.05, 0) is 37.3 Å². The van der Waals surface area contributed by atoms with Gasteiger partial charge in [0.05, 0.1) is 17.1 Å². The van der Waals surface area contributed by atoms with E-state index in [9.17, 15) is 18.8 Å². The lowest BCUT2D eigenvalue weighted by molar-refractivity contribution is -0.124. The molecule has 33 heavy (non-hydrogen) atoms. The fourth-order valence-electron chi connectivity index (χ4n) is 4.30. The van der Waals surface area contributed by atoms with Crippen LogP contribution in [0.1, 0.15) is 11.1 Å². The van der Waals surface area contributed by atoms with Gasteiger partial charge in [0.25, 0.3) is 5.91 Å². The van der Waals surface area contributed by atoms with Crippen LogP contribution in [0.15, 0.2) is 72.8 Å². The highest BCUT2D eigenvalue weighted by molar-refractivity contribution is 8.02. The maximum atomic E-state index is 14.0. The summed E-state index contributed by atoms with van der Waals surface area (Å²) in [6.45, 7) is 1.65. The van der Waals surface area contributed by atoms with Crippen molar-refractivity contribution in [3.05, 3.63) is 89.7 Å². The number of nitrogens with one attached hydrogen (secondary N) is 1. The quantitative estimate of drug-likeness (QED) is 0.637. The Bertz CT molecular complexity index is 1280. The molecule has 0 unspecified atom stereocenters. The number of carbonyl (C=O) groups excluding carboxylic acids is 3. The van der Waals surface area contributed by atoms with E-state index in [2.05, 4.69) is 5.32 Å². The van der Waals surface area contributed by atoms with Gasteiger partial charge < -0.3 is 5.32 Å². The van der Waals surface area contributed by atoms with Crippen molar-refractivity contribution in [1.29, 1.82) is 0 Å². The Hall–Kier alpha value is -3.65. The zero-order valence-electron chi connectivity index (χ0n) is 17.7. The molecule has 0 saturated carbocycles. The second-order valence-corrected chi connectivity index (χ2v) is 9.10. The first kappa shape index (κ1) is 21.2. The molecule has 2 aliphatic heterocycles. The zero-order chi connectivity index (χ0) is 23.2. The monoisotopic (exact) mass is 461 g/mol. The number of fused-ring (bicyclic) bond motifs is 2. The van der Waals surface area contributed by atoms with Gasteiger partial charge in [0.2, 0.25) is 16.7 Å². The summed E-state index contributed by atoms with van der Waals surface area (Å²) in [5.41, 5.74) is 2.92. The summed E-state index contributed by atoms with van der Waals surface area (Å²) in [6.07, 6.45) is 0. The highest BCUT2D eigenvalue weighted by Gasteiger charge is 2.61. The van der Waals surface area contributed by atoms with E-state index < -0.39 is 16.6 Å². The van der Waals surface area contributed by atoms with E-state index in [0.717, 1.165) is 5.56 Å². The smallest absolute Gasteiger partial charge is 0.269 e. The molecule has 3 amide bonds. The third-order valence-electron chi connectivity index (χ3n) is 5.81. The number of hydrogen-bond donors (Lipinski definition) is 1. The highest BCUT2D eigenvalue weighted by Crippen LogP contribution is 2.55. The molecule has 166 valence electrons. The minimum absolute atomic E-state index is 0.0452. The summed E-state index contributed by atoms with van der Waals surface area (Å²) in [5, 5.41) is 2.53. The van der Waals surface area contributed by atoms with Crippen molar-refractivity contribution in [3.8, 4) is 0 Å². The molecular formula is C25H20FN3O3S. The van der Waals surface area contributed by atoms with E-state index in [1.54, 1.807) is 18.2 Å². The van der Waals surface area contributed by atoms with Crippen molar-refractivity contribution in [2.45, 2.75) is 11.8 Å². The van der Waals surface area contributed by atoms with Crippen LogP contribution in [0.2, 0.25) is 0 Å². The van der Waals surface area contributed by atoms with Crippen LogP contribution in [0, 0.1) is 12.7 Å². The zero-order valence-corrected chi connectivity index (χ0v) is 18.6. The van der Waals surface area contributed by atoms with Crippen LogP contribution < -0.4 is 15.1 Å². The Kier molecular flexibility index (Phi) is 5.17. The molecule has 3 aromatic rings. The maximum absolute atomic E-state index is 14.0. The van der Waals surface area contributed by atoms with Crippen LogP contribution in [0.5, 0.6) is 0 Å². The number of hydrogen-bond acceptors (Lipinski definition) is 4. The topological polar surface area (TPSA) is 69.7 Å². The van der Waals surface area contributed by atoms with Gasteiger partial charge in [-0.2, -0.15) is 0 Å². The molecular weight excluding hydrogens is 441 g/mol. The lowest BCUT2D eigenvalue weighted by atomic mass is 10.0. The number of anilines is 3. The minimum Gasteiger partial charge on any atom is -0.322 e. The van der Waals surface area contributed by atoms with Crippen molar-refractivity contribution in [3.63, 3.8) is 0 Å². The highest BCUT2D eigenvalue weighted by atomic mass is 32.2. The van der Waals surface area contributed by atoms with E-state index in [4.69, 9.17) is 0 Å². The molecule has 0 aromatic heterocycles. The Balaban J connectivity index is 1.52. The summed E-state index contributed by atoms with van der Waals surface area (Å²) in [4.78, 5) is 41.3. The number of amides is 3. The molecule has 8 heteroatoms. The van der Waals surface area contributed by atoms with E-state index in [1.807, 2.05) is 43.3 Å². The van der Waals surface area contributed by atoms with Gasteiger partial charge in [0.1, 0.15) is 12.4 Å². The predicted molar refractivity (Wildman–Crippen MR) is 127 cm³/mol. The SMILES string of the molecule is Cc1ccc(N2C(=O)CS[C@]23C(=O)N(CC(=O)Nc2ccccc2F)c2ccccc23)cc1. The minimum atomic E-state index is -1.29. The second-order valence-electron chi connectivity index (χ2n) is 7.93. The van der Waals surface area contributed by atoms with Crippen molar-refractivity contribution in [2.24, 2.45) is 0 Å². The van der Waals surface area contributed by atoms with Crippen LogP contribution in [0.3, 0.4) is 0 Å². The van der Waals surface area contributed by atoms with Gasteiger partial charge in [-0.1, -0.05) is 48.0 Å². The second kappa shape index (κ2) is 8.04. The molecule has 5 rings (SSSR count). The molecule has 3 aromatic carbocycles. The van der Waals surface area contributed by atoms with E-state index >= 15 is 0 Å². The van der Waals surface area contributed by atoms with Crippen molar-refractivity contribution in [1.82, 2.24) is 0 Å². The van der Waals surface area contributed by atoms with Crippen molar-refractivity contribution < 1.29 is 18.8 Å². The standard InChI is InChI=1S/C25H20FN3O3S/c1-16-10-12-17(13-11-16)29-23(31)15-33-25(29)18-6-2-5-9-21(18)28(24(25)32)14-22(30)27-20-8-4-3-7-19(20)26/h2-13H,14-15H2,1H3,(H,27,30)/t25-/m1/s1. The van der Waals surface area contributed by atoms with Crippen molar-refractivity contribution in [2.75, 3.05) is 27.4 Å². The third kappa shape index (κ3) is 3.38. The number of aryl methyl sites for hydroxylation is 1. The number of rotatable bonds is 4. The number of benzene rings is 3. The van der Waals surface area contributed by atoms with Crippen LogP contribution >= 0.6 is 11.8 Å². The first-order chi connectivity index (χ1) is 15.9. The molecule has 0 radical (unpaired) electrons. The number of nitrogens with zero attached hydrogens (tertiary/aromatic N) is 2. The van der Waals surface area contributed by atoms with Gasteiger partial charge in [0.15, 0.2) is 0 Å². The van der Waals surface area contributed by atoms with Crippen LogP contribution in [-0.4, -0.2) is 30.0 Å². The third-order valence-corrected chi connectivity index (χ3v) is 7.19. The number of carbonyl (C=O) groups is 3. The Morgan fingerprint density at radius 1 is 1.03 bits per heavy atom. The summed E-state index contributed by atoms with van der Waals surface area (Å²) in [6, 6.07) is 20.5. The Morgan fingerprint density at radius 2 is 1.73 bits per heavy atom. The number of para-hydroxylation sites is 2. The molecule has 2 aliphatic rings. The maximum Gasteiger partial charge on any atom is 0.269 e. The molecule has 2 heterocycles. The summed E-state index contributed by atoms with van der Waals surface area (Å²) in [5.74, 6) is -1.49. The normalized spacial score (nSPS) is 19.3. The summed E-state index contributed by atoms with van der Waals surface area (Å²) in [7, 11) is 0. The fraction of sp³-hybridized carbons (Fsp3) is 0.160. The molecule has 1 spiro atoms. The molecule has 1 fully saturated rings. The Labute approximate surface area is 194 Å². The van der Waals surface area contributed by atoms with E-state index in [1.165, 1.54) is 39.8 Å².